The summed E-state index contributed by atoms with van der Waals surface area (Å²) in [5.41, 5.74) is 0. The molecule has 0 bridgehead atoms. The van der Waals surface area contributed by atoms with E-state index in [2.05, 4.69) is 4.42 Å². The van der Waals surface area contributed by atoms with Crippen LogP contribution in [0, 0.1) is 4.91 Å². The second kappa shape index (κ2) is 1.73. The summed E-state index contributed by atoms with van der Waals surface area (Å²) in [4.78, 5) is 8.83. The standard InChI is InChI=1S/C4H3FNO2/c5-6(7)4-2-1-3-8-4/h1-3H/q+1. The van der Waals surface area contributed by atoms with Gasteiger partial charge in [0.1, 0.15) is 0 Å². The molecular formula is C4H3FNO2+. The van der Waals surface area contributed by atoms with E-state index in [1.54, 1.807) is 0 Å². The first-order valence-electron chi connectivity index (χ1n) is 1.97. The summed E-state index contributed by atoms with van der Waals surface area (Å²) in [7, 11) is 0. The summed E-state index contributed by atoms with van der Waals surface area (Å²) in [5.74, 6) is -0.329. The molecule has 8 heavy (non-hydrogen) atoms. The molecule has 0 saturated carbocycles. The lowest BCUT2D eigenvalue weighted by molar-refractivity contribution is -0.667. The molecular weight excluding hydrogens is 113 g/mol. The lowest BCUT2D eigenvalue weighted by Crippen LogP contribution is -1.77. The Labute approximate surface area is 44.2 Å². The fourth-order valence-electron chi connectivity index (χ4n) is 0.370. The maximum Gasteiger partial charge on any atom is 0.475 e. The molecule has 3 nitrogen and oxygen atoms in total. The molecule has 1 heterocycles. The van der Waals surface area contributed by atoms with Gasteiger partial charge in [0.25, 0.3) is 0 Å². The lowest BCUT2D eigenvalue weighted by atomic mass is 10.6. The van der Waals surface area contributed by atoms with Crippen molar-refractivity contribution in [2.45, 2.75) is 0 Å². The van der Waals surface area contributed by atoms with Crippen molar-refractivity contribution in [2.24, 2.45) is 0 Å². The predicted molar refractivity (Wildman–Crippen MR) is 23.1 cm³/mol. The van der Waals surface area contributed by atoms with Gasteiger partial charge in [0, 0.05) is 0 Å². The second-order valence-corrected chi connectivity index (χ2v) is 1.20. The third kappa shape index (κ3) is 0.726. The Hall–Kier alpha value is -1.19. The van der Waals surface area contributed by atoms with Gasteiger partial charge in [-0.3, -0.25) is 0 Å². The molecule has 0 atom stereocenters. The molecule has 4 heteroatoms. The van der Waals surface area contributed by atoms with Gasteiger partial charge in [0.15, 0.2) is 4.48 Å². The third-order valence-electron chi connectivity index (χ3n) is 0.679. The summed E-state index contributed by atoms with van der Waals surface area (Å²) in [6, 6.07) is 2.66. The first-order valence-corrected chi connectivity index (χ1v) is 1.97. The molecule has 0 aromatic carbocycles. The molecule has 0 aliphatic carbocycles. The van der Waals surface area contributed by atoms with Crippen molar-refractivity contribution in [3.8, 4) is 0 Å². The molecule has 42 valence electrons. The molecule has 0 N–H and O–H groups in total. The number of halogens is 1. The van der Waals surface area contributed by atoms with Crippen molar-refractivity contribution >= 4 is 5.88 Å². The molecule has 0 saturated heterocycles. The molecule has 0 fully saturated rings. The number of nitroso groups, excluding NO2 is 1. The second-order valence-electron chi connectivity index (χ2n) is 1.20. The van der Waals surface area contributed by atoms with Gasteiger partial charge >= 0.3 is 10.9 Å². The Balaban J connectivity index is 2.93. The van der Waals surface area contributed by atoms with Crippen LogP contribution in [0.3, 0.4) is 0 Å². The maximum absolute atomic E-state index is 11.5. The zero-order chi connectivity index (χ0) is 5.98. The van der Waals surface area contributed by atoms with Crippen molar-refractivity contribution in [2.75, 3.05) is 0 Å². The number of hydrogen-bond donors (Lipinski definition) is 0. The van der Waals surface area contributed by atoms with E-state index >= 15 is 0 Å². The quantitative estimate of drug-likeness (QED) is 0.522. The Bertz CT molecular complexity index is 182. The summed E-state index contributed by atoms with van der Waals surface area (Å²) >= 11 is 0. The summed E-state index contributed by atoms with van der Waals surface area (Å²) < 4.78 is 15.8. The SMILES string of the molecule is O=[N+](F)c1ccco1. The Morgan fingerprint density at radius 1 is 1.75 bits per heavy atom. The van der Waals surface area contributed by atoms with Crippen molar-refractivity contribution in [3.05, 3.63) is 23.3 Å². The van der Waals surface area contributed by atoms with E-state index in [-0.39, 0.29) is 5.88 Å². The van der Waals surface area contributed by atoms with E-state index in [0.717, 1.165) is 0 Å². The fourth-order valence-corrected chi connectivity index (χ4v) is 0.370. The number of furan rings is 1. The van der Waals surface area contributed by atoms with Gasteiger partial charge in [0.05, 0.1) is 17.2 Å². The van der Waals surface area contributed by atoms with Gasteiger partial charge in [-0.25, -0.2) is 0 Å². The largest absolute Gasteiger partial charge is 0.475 e. The molecule has 1 rings (SSSR count). The maximum atomic E-state index is 11.5. The highest BCUT2D eigenvalue weighted by molar-refractivity contribution is 5.10. The summed E-state index contributed by atoms with van der Waals surface area (Å²) in [6.45, 7) is 0. The van der Waals surface area contributed by atoms with Crippen LogP contribution in [0.2, 0.25) is 0 Å². The molecule has 0 spiro atoms. The van der Waals surface area contributed by atoms with Gasteiger partial charge in [-0.1, -0.05) is 0 Å². The zero-order valence-electron chi connectivity index (χ0n) is 3.87. The van der Waals surface area contributed by atoms with Crippen molar-refractivity contribution < 1.29 is 13.9 Å². The minimum atomic E-state index is -0.833. The predicted octanol–water partition coefficient (Wildman–Crippen LogP) is 1.57. The fraction of sp³-hybridized carbons (Fsp3) is 0. The molecule has 0 aliphatic rings. The number of nitrogens with zero attached hydrogens (tertiary/aromatic N) is 1. The van der Waals surface area contributed by atoms with Crippen LogP contribution in [0.4, 0.5) is 10.4 Å². The minimum absolute atomic E-state index is 0.329. The summed E-state index contributed by atoms with van der Waals surface area (Å²) in [6.07, 6.45) is 1.22. The van der Waals surface area contributed by atoms with Crippen LogP contribution in [0.5, 0.6) is 0 Å². The van der Waals surface area contributed by atoms with E-state index in [4.69, 9.17) is 0 Å². The monoisotopic (exact) mass is 116 g/mol. The minimum Gasteiger partial charge on any atom is -0.407 e. The van der Waals surface area contributed by atoms with Crippen LogP contribution in [0.25, 0.3) is 0 Å². The first kappa shape index (κ1) is 4.96. The molecule has 0 aliphatic heterocycles. The van der Waals surface area contributed by atoms with Gasteiger partial charge in [-0.05, 0) is 6.07 Å². The van der Waals surface area contributed by atoms with Gasteiger partial charge in [0.2, 0.25) is 0 Å². The Kier molecular flexibility index (Phi) is 1.07. The van der Waals surface area contributed by atoms with E-state index in [1.807, 2.05) is 0 Å². The van der Waals surface area contributed by atoms with Crippen LogP contribution in [0.15, 0.2) is 22.8 Å². The van der Waals surface area contributed by atoms with Gasteiger partial charge in [-0.2, -0.15) is 0 Å². The van der Waals surface area contributed by atoms with Crippen molar-refractivity contribution in [1.29, 1.82) is 0 Å². The highest BCUT2D eigenvalue weighted by Gasteiger charge is 2.15. The third-order valence-corrected chi connectivity index (χ3v) is 0.679. The smallest absolute Gasteiger partial charge is 0.407 e. The van der Waals surface area contributed by atoms with E-state index in [1.165, 1.54) is 18.4 Å². The molecule has 0 amide bonds. The number of rotatable bonds is 1. The van der Waals surface area contributed by atoms with Crippen LogP contribution < -0.4 is 0 Å². The molecule has 0 unspecified atom stereocenters. The lowest BCUT2D eigenvalue weighted by Gasteiger charge is -1.63. The first-order chi connectivity index (χ1) is 3.80. The number of hydrogen-bond acceptors (Lipinski definition) is 2. The average Bonchev–Trinajstić information content (AvgIpc) is 2.12. The Morgan fingerprint density at radius 3 is 2.75 bits per heavy atom. The topological polar surface area (TPSA) is 33.2 Å². The van der Waals surface area contributed by atoms with Crippen LogP contribution in [-0.4, -0.2) is 4.98 Å². The Morgan fingerprint density at radius 2 is 2.50 bits per heavy atom. The van der Waals surface area contributed by atoms with E-state index < -0.39 is 4.98 Å². The van der Waals surface area contributed by atoms with Crippen LogP contribution in [-0.2, 0) is 0 Å². The molecule has 1 aromatic rings. The van der Waals surface area contributed by atoms with Crippen molar-refractivity contribution in [1.82, 2.24) is 0 Å². The van der Waals surface area contributed by atoms with E-state index in [9.17, 15) is 9.39 Å². The van der Waals surface area contributed by atoms with Crippen LogP contribution >= 0.6 is 0 Å². The normalized spacial score (nSPS) is 9.12. The highest BCUT2D eigenvalue weighted by atomic mass is 19.2. The molecule has 0 radical (unpaired) electrons. The highest BCUT2D eigenvalue weighted by Crippen LogP contribution is 2.09. The van der Waals surface area contributed by atoms with Crippen LogP contribution in [0.1, 0.15) is 0 Å². The van der Waals surface area contributed by atoms with Crippen molar-refractivity contribution in [3.63, 3.8) is 0 Å². The zero-order valence-corrected chi connectivity index (χ0v) is 3.87. The molecule has 1 aromatic heterocycles. The van der Waals surface area contributed by atoms with Gasteiger partial charge < -0.3 is 4.42 Å². The average molecular weight is 116 g/mol. The van der Waals surface area contributed by atoms with E-state index in [0.29, 0.717) is 0 Å². The van der Waals surface area contributed by atoms with Gasteiger partial charge in [-0.15, -0.1) is 0 Å². The summed E-state index contributed by atoms with van der Waals surface area (Å²) in [5, 5.41) is 0.